The molecule has 0 radical (unpaired) electrons. The maximum Gasteiger partial charge on any atom is 0.387 e. The van der Waals surface area contributed by atoms with E-state index in [2.05, 4.69) is 26.6 Å². The zero-order valence-corrected chi connectivity index (χ0v) is 10.3. The lowest BCUT2D eigenvalue weighted by atomic mass is 10.1. The van der Waals surface area contributed by atoms with Gasteiger partial charge in [0.1, 0.15) is 6.07 Å². The largest absolute Gasteiger partial charge is 0.432 e. The van der Waals surface area contributed by atoms with Crippen LogP contribution in [0.4, 0.5) is 0 Å². The van der Waals surface area contributed by atoms with Crippen molar-refractivity contribution in [3.05, 3.63) is 22.9 Å². The summed E-state index contributed by atoms with van der Waals surface area (Å²) < 4.78 is 7.80. The Kier molecular flexibility index (Phi) is 2.66. The number of rotatable bonds is 1. The minimum Gasteiger partial charge on any atom is -0.432 e. The van der Waals surface area contributed by atoms with E-state index in [0.29, 0.717) is 5.56 Å². The minimum absolute atomic E-state index is 0.137. The van der Waals surface area contributed by atoms with Gasteiger partial charge in [0.2, 0.25) is 0 Å². The van der Waals surface area contributed by atoms with Crippen LogP contribution in [-0.4, -0.2) is 11.4 Å². The van der Waals surface area contributed by atoms with Crippen LogP contribution in [0.15, 0.2) is 6.07 Å². The number of aryl methyl sites for hydroxylation is 2. The second-order valence-electron chi connectivity index (χ2n) is 3.77. The van der Waals surface area contributed by atoms with Gasteiger partial charge in [-0.3, -0.25) is 0 Å². The molecule has 0 N–H and O–H groups in total. The molecule has 78 valence electrons. The summed E-state index contributed by atoms with van der Waals surface area (Å²) in [6, 6.07) is 4.24. The summed E-state index contributed by atoms with van der Waals surface area (Å²) in [4.78, 5) is 0. The van der Waals surface area contributed by atoms with E-state index < -0.39 is 0 Å². The van der Waals surface area contributed by atoms with E-state index in [1.54, 1.807) is 0 Å². The molecule has 1 unspecified atom stereocenters. The van der Waals surface area contributed by atoms with Crippen molar-refractivity contribution < 1.29 is 9.30 Å². The van der Waals surface area contributed by atoms with Crippen LogP contribution >= 0.6 is 15.9 Å². The molecule has 0 bridgehead atoms. The second kappa shape index (κ2) is 3.82. The third kappa shape index (κ3) is 1.61. The summed E-state index contributed by atoms with van der Waals surface area (Å²) in [5, 5.41) is 9.87. The zero-order valence-electron chi connectivity index (χ0n) is 8.75. The van der Waals surface area contributed by atoms with Crippen molar-refractivity contribution in [2.24, 2.45) is 0 Å². The fraction of sp³-hybridized carbons (Fsp3) is 0.455. The molecule has 0 spiro atoms. The maximum atomic E-state index is 9.08. The number of pyridine rings is 1. The monoisotopic (exact) mass is 267 g/mol. The first-order valence-corrected chi connectivity index (χ1v) is 5.96. The summed E-state index contributed by atoms with van der Waals surface area (Å²) in [6.45, 7) is 4.80. The summed E-state index contributed by atoms with van der Waals surface area (Å²) >= 11 is 3.40. The highest BCUT2D eigenvalue weighted by Gasteiger charge is 2.35. The third-order valence-corrected chi connectivity index (χ3v) is 3.38. The topological polar surface area (TPSA) is 36.9 Å². The van der Waals surface area contributed by atoms with Crippen molar-refractivity contribution in [1.29, 1.82) is 5.26 Å². The van der Waals surface area contributed by atoms with E-state index in [9.17, 15) is 0 Å². The van der Waals surface area contributed by atoms with Gasteiger partial charge in [-0.15, -0.1) is 0 Å². The molecule has 3 nitrogen and oxygen atoms in total. The van der Waals surface area contributed by atoms with Gasteiger partial charge < -0.3 is 4.74 Å². The molecule has 15 heavy (non-hydrogen) atoms. The number of aromatic nitrogens is 1. The van der Waals surface area contributed by atoms with Crippen LogP contribution in [0.5, 0.6) is 5.88 Å². The van der Waals surface area contributed by atoms with E-state index in [1.165, 1.54) is 0 Å². The van der Waals surface area contributed by atoms with E-state index in [1.807, 2.05) is 19.9 Å². The van der Waals surface area contributed by atoms with Gasteiger partial charge in [0, 0.05) is 18.3 Å². The Morgan fingerprint density at radius 1 is 1.67 bits per heavy atom. The molecule has 1 aromatic heterocycles. The number of fused-ring (bicyclic) bond motifs is 1. The van der Waals surface area contributed by atoms with E-state index >= 15 is 0 Å². The number of nitriles is 1. The SMILES string of the molecule is Cc1cc(C)[n+]2c(c1C#N)OC(CBr)C2. The highest BCUT2D eigenvalue weighted by atomic mass is 79.9. The van der Waals surface area contributed by atoms with Gasteiger partial charge in [0.05, 0.1) is 0 Å². The molecule has 2 rings (SSSR count). The lowest BCUT2D eigenvalue weighted by Gasteiger charge is -2.01. The van der Waals surface area contributed by atoms with Crippen molar-refractivity contribution >= 4 is 15.9 Å². The Labute approximate surface area is 97.4 Å². The predicted octanol–water partition coefficient (Wildman–Crippen LogP) is 1.62. The van der Waals surface area contributed by atoms with Gasteiger partial charge in [-0.05, 0) is 12.5 Å². The number of ether oxygens (including phenoxy) is 1. The van der Waals surface area contributed by atoms with Crippen LogP contribution in [0, 0.1) is 25.2 Å². The molecule has 0 aliphatic carbocycles. The smallest absolute Gasteiger partial charge is 0.387 e. The van der Waals surface area contributed by atoms with Crippen LogP contribution in [0.2, 0.25) is 0 Å². The van der Waals surface area contributed by atoms with Crippen molar-refractivity contribution in [2.45, 2.75) is 26.5 Å². The fourth-order valence-electron chi connectivity index (χ4n) is 1.89. The first-order valence-electron chi connectivity index (χ1n) is 4.84. The molecular weight excluding hydrogens is 256 g/mol. The lowest BCUT2D eigenvalue weighted by molar-refractivity contribution is -0.687. The molecule has 1 aromatic rings. The molecule has 1 atom stereocenters. The summed E-state index contributed by atoms with van der Waals surface area (Å²) in [5.74, 6) is 0.722. The molecule has 0 aromatic carbocycles. The normalized spacial score (nSPS) is 18.1. The molecule has 1 aliphatic heterocycles. The Morgan fingerprint density at radius 2 is 2.40 bits per heavy atom. The van der Waals surface area contributed by atoms with Gasteiger partial charge in [-0.2, -0.15) is 9.83 Å². The quantitative estimate of drug-likeness (QED) is 0.573. The number of hydrogen-bond donors (Lipinski definition) is 0. The van der Waals surface area contributed by atoms with Crippen LogP contribution in [0.25, 0.3) is 0 Å². The van der Waals surface area contributed by atoms with Gasteiger partial charge in [-0.1, -0.05) is 15.9 Å². The van der Waals surface area contributed by atoms with E-state index in [0.717, 1.165) is 29.0 Å². The molecular formula is C11H12BrN2O+. The maximum absolute atomic E-state index is 9.08. The molecule has 0 fully saturated rings. The molecule has 1 aliphatic rings. The zero-order chi connectivity index (χ0) is 11.0. The lowest BCUT2D eigenvalue weighted by Crippen LogP contribution is -2.36. The van der Waals surface area contributed by atoms with Gasteiger partial charge in [0.25, 0.3) is 0 Å². The van der Waals surface area contributed by atoms with E-state index in [4.69, 9.17) is 10.00 Å². The minimum atomic E-state index is 0.137. The Morgan fingerprint density at radius 3 is 3.00 bits per heavy atom. The Balaban J connectivity index is 2.57. The molecule has 0 amide bonds. The highest BCUT2D eigenvalue weighted by Crippen LogP contribution is 2.24. The average Bonchev–Trinajstić information content (AvgIpc) is 2.62. The number of alkyl halides is 1. The Hall–Kier alpha value is -1.08. The van der Waals surface area contributed by atoms with Crippen LogP contribution in [-0.2, 0) is 6.54 Å². The Bertz CT molecular complexity index is 451. The second-order valence-corrected chi connectivity index (χ2v) is 4.41. The molecule has 2 heterocycles. The highest BCUT2D eigenvalue weighted by molar-refractivity contribution is 9.09. The summed E-state index contributed by atoms with van der Waals surface area (Å²) in [7, 11) is 0. The summed E-state index contributed by atoms with van der Waals surface area (Å²) in [5.41, 5.74) is 2.78. The first kappa shape index (κ1) is 10.4. The fourth-order valence-corrected chi connectivity index (χ4v) is 2.23. The molecule has 4 heteroatoms. The van der Waals surface area contributed by atoms with Crippen LogP contribution < -0.4 is 9.30 Å². The number of nitrogens with zero attached hydrogens (tertiary/aromatic N) is 2. The van der Waals surface area contributed by atoms with Crippen LogP contribution in [0.3, 0.4) is 0 Å². The molecule has 0 saturated carbocycles. The summed E-state index contributed by atoms with van der Waals surface area (Å²) in [6.07, 6.45) is 0.137. The van der Waals surface area contributed by atoms with E-state index in [-0.39, 0.29) is 6.10 Å². The average molecular weight is 268 g/mol. The predicted molar refractivity (Wildman–Crippen MR) is 59.0 cm³/mol. The van der Waals surface area contributed by atoms with Crippen LogP contribution in [0.1, 0.15) is 16.8 Å². The van der Waals surface area contributed by atoms with Crippen molar-refractivity contribution in [1.82, 2.24) is 0 Å². The van der Waals surface area contributed by atoms with Crippen molar-refractivity contribution in [3.63, 3.8) is 0 Å². The van der Waals surface area contributed by atoms with Gasteiger partial charge >= 0.3 is 5.88 Å². The van der Waals surface area contributed by atoms with Gasteiger partial charge in [-0.25, -0.2) is 0 Å². The molecule has 0 saturated heterocycles. The standard InChI is InChI=1S/C11H12BrN2O/c1-7-3-8(2)14-6-9(4-12)15-11(14)10(7)5-13/h3,9H,4,6H2,1-2H3/q+1. The van der Waals surface area contributed by atoms with Gasteiger partial charge in [0.15, 0.2) is 23.9 Å². The number of hydrogen-bond acceptors (Lipinski definition) is 2. The van der Waals surface area contributed by atoms with Crippen molar-refractivity contribution in [2.75, 3.05) is 5.33 Å². The number of halogens is 1. The first-order chi connectivity index (χ1) is 7.17. The third-order valence-electron chi connectivity index (χ3n) is 2.65. The van der Waals surface area contributed by atoms with Crippen molar-refractivity contribution in [3.8, 4) is 11.9 Å².